The Labute approximate surface area is 165 Å². The smallest absolute Gasteiger partial charge is 0.224 e. The number of aromatic nitrogens is 1. The molecule has 2 aromatic carbocycles. The third kappa shape index (κ3) is 4.45. The molecule has 4 nitrogen and oxygen atoms in total. The lowest BCUT2D eigenvalue weighted by atomic mass is 10.00. The number of methoxy groups -OCH3 is 1. The fourth-order valence-electron chi connectivity index (χ4n) is 2.93. The lowest BCUT2D eigenvalue weighted by Gasteiger charge is -2.14. The summed E-state index contributed by atoms with van der Waals surface area (Å²) in [5, 5.41) is 3.83. The van der Waals surface area contributed by atoms with Gasteiger partial charge in [-0.3, -0.25) is 4.79 Å². The second-order valence-corrected chi connectivity index (χ2v) is 7.50. The number of carbonyl (C=O) groups is 1. The van der Waals surface area contributed by atoms with Crippen molar-refractivity contribution < 1.29 is 13.9 Å². The highest BCUT2D eigenvalue weighted by atomic mass is 79.9. The van der Waals surface area contributed by atoms with Crippen LogP contribution in [0.4, 0.5) is 4.39 Å². The second kappa shape index (κ2) is 8.05. The topological polar surface area (TPSA) is 51.2 Å². The summed E-state index contributed by atoms with van der Waals surface area (Å²) in [4.78, 5) is 17.1. The Kier molecular flexibility index (Phi) is 5.75. The second-order valence-electron chi connectivity index (χ2n) is 6.58. The fourth-order valence-corrected chi connectivity index (χ4v) is 3.31. The van der Waals surface area contributed by atoms with Crippen molar-refractivity contribution in [2.75, 3.05) is 7.11 Å². The lowest BCUT2D eigenvalue weighted by molar-refractivity contribution is -0.120. The van der Waals surface area contributed by atoms with Crippen LogP contribution < -0.4 is 10.1 Å². The number of benzene rings is 2. The number of hydrogen-bond donors (Lipinski definition) is 1. The average Bonchev–Trinajstić information content (AvgIpc) is 2.61. The van der Waals surface area contributed by atoms with Gasteiger partial charge in [0.05, 0.1) is 24.7 Å². The zero-order valence-corrected chi connectivity index (χ0v) is 16.9. The number of amides is 1. The van der Waals surface area contributed by atoms with E-state index in [1.54, 1.807) is 12.1 Å². The molecule has 1 N–H and O–H groups in total. The van der Waals surface area contributed by atoms with Crippen LogP contribution in [0.1, 0.15) is 19.4 Å². The van der Waals surface area contributed by atoms with Crippen LogP contribution in [0.2, 0.25) is 0 Å². The van der Waals surface area contributed by atoms with Crippen molar-refractivity contribution in [3.05, 3.63) is 58.3 Å². The Balaban J connectivity index is 2.14. The van der Waals surface area contributed by atoms with Crippen molar-refractivity contribution >= 4 is 32.7 Å². The Morgan fingerprint density at radius 1 is 1.22 bits per heavy atom. The van der Waals surface area contributed by atoms with E-state index >= 15 is 0 Å². The van der Waals surface area contributed by atoms with E-state index in [1.807, 2.05) is 38.1 Å². The maximum Gasteiger partial charge on any atom is 0.224 e. The summed E-state index contributed by atoms with van der Waals surface area (Å²) in [6.07, 6.45) is 0.183. The molecule has 1 aromatic heterocycles. The molecule has 1 amide bonds. The van der Waals surface area contributed by atoms with Crippen LogP contribution >= 0.6 is 15.9 Å². The van der Waals surface area contributed by atoms with Gasteiger partial charge in [0.15, 0.2) is 11.6 Å². The van der Waals surface area contributed by atoms with Crippen LogP contribution in [0, 0.1) is 5.82 Å². The molecule has 0 aliphatic rings. The first-order valence-electron chi connectivity index (χ1n) is 8.60. The molecular formula is C21H20BrFN2O2. The van der Waals surface area contributed by atoms with E-state index in [-0.39, 0.29) is 24.1 Å². The van der Waals surface area contributed by atoms with Crippen LogP contribution in [0.15, 0.2) is 46.9 Å². The normalized spacial score (nSPS) is 11.0. The summed E-state index contributed by atoms with van der Waals surface area (Å²) >= 11 is 3.47. The highest BCUT2D eigenvalue weighted by molar-refractivity contribution is 9.10. The first-order chi connectivity index (χ1) is 12.9. The molecule has 140 valence electrons. The number of nitrogens with zero attached hydrogens (tertiary/aromatic N) is 1. The molecule has 0 unspecified atom stereocenters. The molecule has 0 saturated heterocycles. The molecule has 0 spiro atoms. The van der Waals surface area contributed by atoms with Gasteiger partial charge in [-0.05, 0) is 61.9 Å². The highest BCUT2D eigenvalue weighted by Gasteiger charge is 2.15. The van der Waals surface area contributed by atoms with Crippen LogP contribution in [0.3, 0.4) is 0 Å². The number of fused-ring (bicyclic) bond motifs is 1. The third-order valence-corrected chi connectivity index (χ3v) is 4.57. The van der Waals surface area contributed by atoms with Crippen LogP contribution in [0.5, 0.6) is 5.75 Å². The van der Waals surface area contributed by atoms with Gasteiger partial charge in [0.2, 0.25) is 5.91 Å². The molecule has 0 bridgehead atoms. The van der Waals surface area contributed by atoms with Crippen LogP contribution in [-0.2, 0) is 11.2 Å². The number of carbonyl (C=O) groups excluding carboxylic acids is 1. The molecule has 0 aliphatic heterocycles. The van der Waals surface area contributed by atoms with Gasteiger partial charge in [0.25, 0.3) is 0 Å². The van der Waals surface area contributed by atoms with Gasteiger partial charge in [0.1, 0.15) is 0 Å². The number of pyridine rings is 1. The maximum atomic E-state index is 13.8. The zero-order valence-electron chi connectivity index (χ0n) is 15.3. The van der Waals surface area contributed by atoms with Gasteiger partial charge in [-0.2, -0.15) is 0 Å². The third-order valence-electron chi connectivity index (χ3n) is 4.08. The van der Waals surface area contributed by atoms with Crippen LogP contribution in [-0.4, -0.2) is 24.0 Å². The standard InChI is InChI=1S/C21H20BrFN2O2/c1-12(2)24-20(26)11-15-8-14-9-16(22)5-7-18(14)25-21(15)13-4-6-17(23)19(10-13)27-3/h4-10,12H,11H2,1-3H3,(H,24,26). The number of rotatable bonds is 5. The fraction of sp³-hybridized carbons (Fsp3) is 0.238. The summed E-state index contributed by atoms with van der Waals surface area (Å²) in [5.74, 6) is -0.385. The molecule has 3 rings (SSSR count). The minimum atomic E-state index is -0.440. The highest BCUT2D eigenvalue weighted by Crippen LogP contribution is 2.31. The van der Waals surface area contributed by atoms with Crippen molar-refractivity contribution in [1.82, 2.24) is 10.3 Å². The maximum absolute atomic E-state index is 13.8. The van der Waals surface area contributed by atoms with Crippen molar-refractivity contribution in [2.45, 2.75) is 26.3 Å². The van der Waals surface area contributed by atoms with Gasteiger partial charge in [0, 0.05) is 21.5 Å². The summed E-state index contributed by atoms with van der Waals surface area (Å²) < 4.78 is 19.9. The molecule has 0 atom stereocenters. The summed E-state index contributed by atoms with van der Waals surface area (Å²) in [6, 6.07) is 12.4. The number of ether oxygens (including phenoxy) is 1. The predicted octanol–water partition coefficient (Wildman–Crippen LogP) is 4.88. The lowest BCUT2D eigenvalue weighted by Crippen LogP contribution is -2.31. The minimum Gasteiger partial charge on any atom is -0.494 e. The van der Waals surface area contributed by atoms with Gasteiger partial charge in [-0.25, -0.2) is 9.37 Å². The Morgan fingerprint density at radius 3 is 2.70 bits per heavy atom. The minimum absolute atomic E-state index is 0.0504. The number of hydrogen-bond acceptors (Lipinski definition) is 3. The van der Waals surface area contributed by atoms with Gasteiger partial charge in [-0.15, -0.1) is 0 Å². The summed E-state index contributed by atoms with van der Waals surface area (Å²) in [5.41, 5.74) is 2.91. The first kappa shape index (κ1) is 19.3. The molecule has 0 radical (unpaired) electrons. The molecular weight excluding hydrogens is 411 g/mol. The van der Waals surface area contributed by atoms with Gasteiger partial charge in [-0.1, -0.05) is 15.9 Å². The van der Waals surface area contributed by atoms with E-state index in [9.17, 15) is 9.18 Å². The molecule has 0 fully saturated rings. The molecule has 0 aliphatic carbocycles. The largest absolute Gasteiger partial charge is 0.494 e. The monoisotopic (exact) mass is 430 g/mol. The molecule has 6 heteroatoms. The molecule has 3 aromatic rings. The summed E-state index contributed by atoms with van der Waals surface area (Å²) in [6.45, 7) is 3.83. The first-order valence-corrected chi connectivity index (χ1v) is 9.39. The van der Waals surface area contributed by atoms with Crippen molar-refractivity contribution in [3.63, 3.8) is 0 Å². The van der Waals surface area contributed by atoms with Gasteiger partial charge < -0.3 is 10.1 Å². The number of nitrogens with one attached hydrogen (secondary N) is 1. The van der Waals surface area contributed by atoms with Crippen LogP contribution in [0.25, 0.3) is 22.2 Å². The molecule has 0 saturated carbocycles. The SMILES string of the molecule is COc1cc(-c2nc3ccc(Br)cc3cc2CC(=O)NC(C)C)ccc1F. The molecule has 1 heterocycles. The Morgan fingerprint density at radius 2 is 2.00 bits per heavy atom. The number of halogens is 2. The summed E-state index contributed by atoms with van der Waals surface area (Å²) in [7, 11) is 1.42. The zero-order chi connectivity index (χ0) is 19.6. The quantitative estimate of drug-likeness (QED) is 0.627. The Bertz CT molecular complexity index is 1000. The van der Waals surface area contributed by atoms with E-state index in [1.165, 1.54) is 13.2 Å². The van der Waals surface area contributed by atoms with Crippen molar-refractivity contribution in [2.24, 2.45) is 0 Å². The van der Waals surface area contributed by atoms with E-state index in [0.29, 0.717) is 11.3 Å². The predicted molar refractivity (Wildman–Crippen MR) is 108 cm³/mol. The Hall–Kier alpha value is -2.47. The van der Waals surface area contributed by atoms with E-state index in [0.717, 1.165) is 20.9 Å². The van der Waals surface area contributed by atoms with E-state index < -0.39 is 5.82 Å². The van der Waals surface area contributed by atoms with E-state index in [2.05, 4.69) is 21.2 Å². The average molecular weight is 431 g/mol. The van der Waals surface area contributed by atoms with Crippen molar-refractivity contribution in [3.8, 4) is 17.0 Å². The van der Waals surface area contributed by atoms with Gasteiger partial charge >= 0.3 is 0 Å². The van der Waals surface area contributed by atoms with E-state index in [4.69, 9.17) is 9.72 Å². The van der Waals surface area contributed by atoms with Crippen molar-refractivity contribution in [1.29, 1.82) is 0 Å². The molecule has 27 heavy (non-hydrogen) atoms.